The molecule has 9 heteroatoms. The lowest BCUT2D eigenvalue weighted by Crippen LogP contribution is -2.32. The second kappa shape index (κ2) is 20.2. The van der Waals surface area contributed by atoms with Crippen LogP contribution in [0.2, 0.25) is 0 Å². The van der Waals surface area contributed by atoms with E-state index in [-0.39, 0.29) is 19.1 Å². The average molecular weight is 640 g/mol. The number of aromatic nitrogens is 4. The third-order valence-electron chi connectivity index (χ3n) is 8.13. The largest absolute Gasteiger partial charge is 0.460 e. The number of H-pyrrole nitrogens is 1. The van der Waals surface area contributed by atoms with Gasteiger partial charge >= 0.3 is 5.97 Å². The van der Waals surface area contributed by atoms with Crippen LogP contribution >= 0.6 is 0 Å². The molecular weight excluding hydrogens is 586 g/mol. The lowest BCUT2D eigenvalue weighted by molar-refractivity contribution is -0.143. The van der Waals surface area contributed by atoms with E-state index < -0.39 is 0 Å². The van der Waals surface area contributed by atoms with Crippen LogP contribution < -0.4 is 0 Å². The Labute approximate surface area is 281 Å². The van der Waals surface area contributed by atoms with Gasteiger partial charge in [-0.3, -0.25) is 14.6 Å². The lowest BCUT2D eigenvalue weighted by Gasteiger charge is -2.24. The van der Waals surface area contributed by atoms with Crippen LogP contribution in [0.5, 0.6) is 0 Å². The van der Waals surface area contributed by atoms with E-state index in [1.54, 1.807) is 6.20 Å². The van der Waals surface area contributed by atoms with Gasteiger partial charge in [0.2, 0.25) is 0 Å². The second-order valence-corrected chi connectivity index (χ2v) is 12.2. The quantitative estimate of drug-likeness (QED) is 0.0798. The molecule has 0 aliphatic rings. The van der Waals surface area contributed by atoms with E-state index in [1.165, 1.54) is 24.0 Å². The van der Waals surface area contributed by atoms with E-state index in [0.717, 1.165) is 69.3 Å². The maximum atomic E-state index is 12.9. The third kappa shape index (κ3) is 13.3. The normalized spacial score (nSPS) is 11.8. The van der Waals surface area contributed by atoms with Gasteiger partial charge in [0.1, 0.15) is 18.3 Å². The number of hydrogen-bond acceptors (Lipinski definition) is 7. The topological polar surface area (TPSA) is 82.5 Å². The number of aromatic amines is 1. The van der Waals surface area contributed by atoms with Gasteiger partial charge < -0.3 is 19.2 Å². The van der Waals surface area contributed by atoms with Gasteiger partial charge in [-0.2, -0.15) is 0 Å². The van der Waals surface area contributed by atoms with Gasteiger partial charge in [0.25, 0.3) is 0 Å². The molecule has 0 atom stereocenters. The zero-order valence-electron chi connectivity index (χ0n) is 28.6. The summed E-state index contributed by atoms with van der Waals surface area (Å²) in [4.78, 5) is 32.2. The number of esters is 1. The zero-order chi connectivity index (χ0) is 33.1. The molecule has 252 valence electrons. The second-order valence-electron chi connectivity index (χ2n) is 12.2. The van der Waals surface area contributed by atoms with Crippen LogP contribution in [-0.2, 0) is 42.8 Å². The SMILES string of the molecule is CCCN(CCC)CCCCN(CC(=O)OC/C=C/c1ccccc1)Cc1ccc(CN(Cc2ncc[nH]2)Cc2nccn2C)cc1. The first-order chi connectivity index (χ1) is 23.0. The summed E-state index contributed by atoms with van der Waals surface area (Å²) in [6.07, 6.45) is 15.9. The highest BCUT2D eigenvalue weighted by Gasteiger charge is 2.15. The van der Waals surface area contributed by atoms with E-state index in [2.05, 4.69) is 72.3 Å². The Morgan fingerprint density at radius 3 is 2.11 bits per heavy atom. The molecule has 0 spiro atoms. The van der Waals surface area contributed by atoms with Crippen LogP contribution in [0.25, 0.3) is 6.08 Å². The Kier molecular flexibility index (Phi) is 15.4. The summed E-state index contributed by atoms with van der Waals surface area (Å²) in [5, 5.41) is 0. The summed E-state index contributed by atoms with van der Waals surface area (Å²) < 4.78 is 7.66. The first-order valence-electron chi connectivity index (χ1n) is 17.1. The van der Waals surface area contributed by atoms with Crippen molar-refractivity contribution < 1.29 is 9.53 Å². The van der Waals surface area contributed by atoms with Gasteiger partial charge in [0.05, 0.1) is 19.6 Å². The molecule has 2 aromatic heterocycles. The molecule has 0 saturated heterocycles. The molecule has 2 aromatic carbocycles. The van der Waals surface area contributed by atoms with E-state index >= 15 is 0 Å². The molecule has 1 N–H and O–H groups in total. The van der Waals surface area contributed by atoms with Crippen LogP contribution in [0.15, 0.2) is 85.5 Å². The van der Waals surface area contributed by atoms with Crippen molar-refractivity contribution in [1.82, 2.24) is 34.2 Å². The molecule has 0 saturated carbocycles. The summed E-state index contributed by atoms with van der Waals surface area (Å²) in [6.45, 7) is 12.2. The number of nitrogens with zero attached hydrogens (tertiary/aromatic N) is 6. The van der Waals surface area contributed by atoms with Crippen LogP contribution in [0.3, 0.4) is 0 Å². The highest BCUT2D eigenvalue weighted by atomic mass is 16.5. The minimum atomic E-state index is -0.194. The van der Waals surface area contributed by atoms with Crippen molar-refractivity contribution in [2.45, 2.75) is 65.7 Å². The molecule has 4 rings (SSSR count). The van der Waals surface area contributed by atoms with Crippen LogP contribution in [0, 0.1) is 0 Å². The van der Waals surface area contributed by atoms with Crippen molar-refractivity contribution in [3.63, 3.8) is 0 Å². The van der Waals surface area contributed by atoms with Crippen molar-refractivity contribution >= 4 is 12.0 Å². The molecule has 0 fully saturated rings. The van der Waals surface area contributed by atoms with Gasteiger partial charge in [-0.15, -0.1) is 0 Å². The van der Waals surface area contributed by atoms with Crippen LogP contribution in [-0.4, -0.2) is 79.5 Å². The van der Waals surface area contributed by atoms with Crippen molar-refractivity contribution in [3.8, 4) is 0 Å². The van der Waals surface area contributed by atoms with E-state index in [9.17, 15) is 4.79 Å². The lowest BCUT2D eigenvalue weighted by atomic mass is 10.1. The van der Waals surface area contributed by atoms with Crippen LogP contribution in [0.1, 0.15) is 67.9 Å². The Balaban J connectivity index is 1.34. The number of carbonyl (C=O) groups is 1. The molecule has 0 bridgehead atoms. The highest BCUT2D eigenvalue weighted by Crippen LogP contribution is 2.15. The maximum absolute atomic E-state index is 12.9. The van der Waals surface area contributed by atoms with Gasteiger partial charge in [0, 0.05) is 44.9 Å². The minimum Gasteiger partial charge on any atom is -0.460 e. The van der Waals surface area contributed by atoms with E-state index in [0.29, 0.717) is 13.1 Å². The van der Waals surface area contributed by atoms with Crippen molar-refractivity contribution in [2.24, 2.45) is 7.05 Å². The number of benzene rings is 2. The fourth-order valence-corrected chi connectivity index (χ4v) is 5.75. The third-order valence-corrected chi connectivity index (χ3v) is 8.13. The first-order valence-corrected chi connectivity index (χ1v) is 17.1. The Morgan fingerprint density at radius 2 is 1.49 bits per heavy atom. The molecule has 0 radical (unpaired) electrons. The average Bonchev–Trinajstić information content (AvgIpc) is 3.74. The smallest absolute Gasteiger partial charge is 0.320 e. The number of hydrogen-bond donors (Lipinski definition) is 1. The number of nitrogens with one attached hydrogen (secondary N) is 1. The molecule has 47 heavy (non-hydrogen) atoms. The van der Waals surface area contributed by atoms with Crippen LogP contribution in [0.4, 0.5) is 0 Å². The summed E-state index contributed by atoms with van der Waals surface area (Å²) >= 11 is 0. The molecule has 0 amide bonds. The molecule has 2 heterocycles. The van der Waals surface area contributed by atoms with Gasteiger partial charge in [-0.1, -0.05) is 74.5 Å². The van der Waals surface area contributed by atoms with Gasteiger partial charge in [-0.25, -0.2) is 9.97 Å². The number of aryl methyl sites for hydroxylation is 1. The molecule has 0 aliphatic heterocycles. The number of carbonyl (C=O) groups excluding carboxylic acids is 1. The zero-order valence-corrected chi connectivity index (χ0v) is 28.6. The number of ether oxygens (including phenoxy) is 1. The summed E-state index contributed by atoms with van der Waals surface area (Å²) in [7, 11) is 2.03. The number of unbranched alkanes of at least 4 members (excludes halogenated alkanes) is 1. The molecule has 0 unspecified atom stereocenters. The van der Waals surface area contributed by atoms with E-state index in [1.807, 2.05) is 68.1 Å². The monoisotopic (exact) mass is 639 g/mol. The summed E-state index contributed by atoms with van der Waals surface area (Å²) in [5.74, 6) is 1.75. The van der Waals surface area contributed by atoms with Gasteiger partial charge in [-0.05, 0) is 74.6 Å². The fourth-order valence-electron chi connectivity index (χ4n) is 5.75. The first kappa shape index (κ1) is 35.8. The Bertz CT molecular complexity index is 1430. The Morgan fingerprint density at radius 1 is 0.809 bits per heavy atom. The molecule has 0 aliphatic carbocycles. The summed E-state index contributed by atoms with van der Waals surface area (Å²) in [5.41, 5.74) is 3.50. The number of rotatable bonds is 22. The maximum Gasteiger partial charge on any atom is 0.320 e. The number of imidazole rings is 2. The van der Waals surface area contributed by atoms with Gasteiger partial charge in [0.15, 0.2) is 0 Å². The predicted molar refractivity (Wildman–Crippen MR) is 189 cm³/mol. The molecular formula is C38H53N7O2. The van der Waals surface area contributed by atoms with Crippen molar-refractivity contribution in [1.29, 1.82) is 0 Å². The van der Waals surface area contributed by atoms with Crippen molar-refractivity contribution in [3.05, 3.63) is 114 Å². The van der Waals surface area contributed by atoms with E-state index in [4.69, 9.17) is 4.74 Å². The highest BCUT2D eigenvalue weighted by molar-refractivity contribution is 5.71. The molecule has 9 nitrogen and oxygen atoms in total. The predicted octanol–water partition coefficient (Wildman–Crippen LogP) is 6.31. The Hall–Kier alpha value is -4.05. The van der Waals surface area contributed by atoms with Crippen molar-refractivity contribution in [2.75, 3.05) is 39.3 Å². The minimum absolute atomic E-state index is 0.194. The summed E-state index contributed by atoms with van der Waals surface area (Å²) in [6, 6.07) is 18.8. The standard InChI is InChI=1S/C38H53N7O2/c1-4-22-43(23-5-2)24-9-10-25-44(32-38(46)47-27-11-14-33-12-7-6-8-13-33)28-34-15-17-35(18-16-34)29-45(30-36-39-19-20-40-36)31-37-41-21-26-42(37)3/h6-8,11-21,26H,4-5,9-10,22-25,27-32H2,1-3H3,(H,39,40)/b14-11+. The fraction of sp³-hybridized carbons (Fsp3) is 0.447. The molecule has 4 aromatic rings.